The van der Waals surface area contributed by atoms with Gasteiger partial charge in [0.05, 0.1) is 0 Å². The fraction of sp³-hybridized carbons (Fsp3) is 0.812. The summed E-state index contributed by atoms with van der Waals surface area (Å²) in [7, 11) is 2.06. The highest BCUT2D eigenvalue weighted by atomic mass is 31.0. The number of esters is 3. The number of hydrogen-bond donors (Lipinski definition) is 0. The number of carbonyl (C=O) groups is 3. The molecule has 0 aromatic rings. The zero-order valence-electron chi connectivity index (χ0n) is 15.5. The van der Waals surface area contributed by atoms with Gasteiger partial charge in [0.25, 0.3) is 0 Å². The van der Waals surface area contributed by atoms with Crippen LogP contribution in [0.2, 0.25) is 0 Å². The van der Waals surface area contributed by atoms with E-state index >= 15 is 0 Å². The number of carbonyl (C=O) groups excluding carboxylic acids is 3. The first kappa shape index (κ1) is 22.8. The monoisotopic (exact) mass is 394 g/mol. The van der Waals surface area contributed by atoms with E-state index in [4.69, 9.17) is 28.2 Å². The summed E-state index contributed by atoms with van der Waals surface area (Å²) >= 11 is 0. The lowest BCUT2D eigenvalue weighted by molar-refractivity contribution is -0.291. The van der Waals surface area contributed by atoms with Gasteiger partial charge in [-0.2, -0.15) is 0 Å². The lowest BCUT2D eigenvalue weighted by Crippen LogP contribution is -2.62. The van der Waals surface area contributed by atoms with Crippen LogP contribution in [0, 0.1) is 0 Å². The molecule has 9 nitrogen and oxygen atoms in total. The van der Waals surface area contributed by atoms with E-state index in [-0.39, 0.29) is 6.61 Å². The molecule has 1 aliphatic rings. The Bertz CT molecular complexity index is 484. The highest BCUT2D eigenvalue weighted by Crippen LogP contribution is 2.30. The van der Waals surface area contributed by atoms with Crippen LogP contribution in [0.15, 0.2) is 0 Å². The van der Waals surface area contributed by atoms with Gasteiger partial charge in [-0.25, -0.2) is 0 Å². The molecule has 1 saturated heterocycles. The predicted molar refractivity (Wildman–Crippen MR) is 91.8 cm³/mol. The van der Waals surface area contributed by atoms with Gasteiger partial charge >= 0.3 is 17.9 Å². The van der Waals surface area contributed by atoms with Crippen molar-refractivity contribution in [2.75, 3.05) is 13.2 Å². The van der Waals surface area contributed by atoms with E-state index in [2.05, 4.69) is 9.47 Å². The second-order valence-electron chi connectivity index (χ2n) is 5.82. The molecule has 0 radical (unpaired) electrons. The molecule has 0 amide bonds. The first-order chi connectivity index (χ1) is 12.3. The van der Waals surface area contributed by atoms with Gasteiger partial charge in [0.1, 0.15) is 18.8 Å². The Morgan fingerprint density at radius 2 is 1.58 bits per heavy atom. The Kier molecular flexibility index (Phi) is 10.0. The zero-order valence-corrected chi connectivity index (χ0v) is 16.6. The summed E-state index contributed by atoms with van der Waals surface area (Å²) in [4.78, 5) is 34.3. The molecule has 1 fully saturated rings. The molecule has 0 aliphatic carbocycles. The highest BCUT2D eigenvalue weighted by Gasteiger charge is 2.51. The van der Waals surface area contributed by atoms with Crippen molar-refractivity contribution in [1.82, 2.24) is 0 Å². The molecule has 0 saturated carbocycles. The van der Waals surface area contributed by atoms with Crippen LogP contribution in [0.3, 0.4) is 0 Å². The molecular weight excluding hydrogens is 367 g/mol. The normalized spacial score (nSPS) is 28.3. The van der Waals surface area contributed by atoms with Gasteiger partial charge in [0.15, 0.2) is 18.5 Å². The van der Waals surface area contributed by atoms with E-state index in [1.165, 1.54) is 20.8 Å². The van der Waals surface area contributed by atoms with Crippen molar-refractivity contribution >= 4 is 27.4 Å². The molecule has 26 heavy (non-hydrogen) atoms. The summed E-state index contributed by atoms with van der Waals surface area (Å²) in [5.74, 6) is -1.70. The van der Waals surface area contributed by atoms with Gasteiger partial charge in [-0.05, 0) is 6.42 Å². The van der Waals surface area contributed by atoms with E-state index in [0.29, 0.717) is 6.61 Å². The second-order valence-corrected chi connectivity index (χ2v) is 6.09. The lowest BCUT2D eigenvalue weighted by Gasteiger charge is -2.44. The molecule has 0 bridgehead atoms. The van der Waals surface area contributed by atoms with Crippen LogP contribution in [-0.2, 0) is 42.6 Å². The van der Waals surface area contributed by atoms with Crippen LogP contribution in [0.1, 0.15) is 40.5 Å². The predicted octanol–water partition coefficient (Wildman–Crippen LogP) is 1.13. The maximum atomic E-state index is 11.6. The average molecular weight is 394 g/mol. The minimum Gasteiger partial charge on any atom is -0.463 e. The van der Waals surface area contributed by atoms with Gasteiger partial charge in [0.2, 0.25) is 0 Å². The Morgan fingerprint density at radius 3 is 2.08 bits per heavy atom. The summed E-state index contributed by atoms with van der Waals surface area (Å²) in [6, 6.07) is 0. The molecular formula is C16H27O9P. The third kappa shape index (κ3) is 7.15. The molecule has 6 atom stereocenters. The van der Waals surface area contributed by atoms with Crippen LogP contribution in [0.5, 0.6) is 0 Å². The summed E-state index contributed by atoms with van der Waals surface area (Å²) in [5, 5.41) is 0. The first-order valence-electron chi connectivity index (χ1n) is 8.40. The summed E-state index contributed by atoms with van der Waals surface area (Å²) in [6.07, 6.45) is -2.94. The molecule has 0 spiro atoms. The third-order valence-electron chi connectivity index (χ3n) is 3.59. The third-order valence-corrected chi connectivity index (χ3v) is 3.86. The van der Waals surface area contributed by atoms with Crippen molar-refractivity contribution in [2.24, 2.45) is 0 Å². The van der Waals surface area contributed by atoms with E-state index in [9.17, 15) is 14.4 Å². The maximum Gasteiger partial charge on any atom is 0.303 e. The Balaban J connectivity index is 3.09. The number of rotatable bonds is 9. The van der Waals surface area contributed by atoms with E-state index in [1.807, 2.05) is 6.92 Å². The summed E-state index contributed by atoms with van der Waals surface area (Å²) in [6.45, 7) is 5.89. The minimum absolute atomic E-state index is 0.197. The number of unbranched alkanes of at least 4 members (excludes halogenated alkanes) is 1. The number of ether oxygens (including phenoxy) is 5. The lowest BCUT2D eigenvalue weighted by atomic mass is 9.98. The molecule has 1 rings (SSSR count). The van der Waals surface area contributed by atoms with Gasteiger partial charge in [-0.1, -0.05) is 13.3 Å². The zero-order chi connectivity index (χ0) is 19.7. The topological polar surface area (TPSA) is 107 Å². The highest BCUT2D eigenvalue weighted by molar-refractivity contribution is 7.09. The molecule has 1 aliphatic heterocycles. The van der Waals surface area contributed by atoms with Crippen molar-refractivity contribution in [2.45, 2.75) is 71.2 Å². The van der Waals surface area contributed by atoms with Crippen LogP contribution in [0.4, 0.5) is 0 Å². The molecule has 0 aromatic carbocycles. The van der Waals surface area contributed by atoms with Crippen molar-refractivity contribution in [1.29, 1.82) is 0 Å². The minimum atomic E-state index is -1.02. The van der Waals surface area contributed by atoms with Crippen molar-refractivity contribution in [3.05, 3.63) is 0 Å². The quantitative estimate of drug-likeness (QED) is 0.246. The smallest absolute Gasteiger partial charge is 0.303 e. The van der Waals surface area contributed by atoms with Gasteiger partial charge in [0, 0.05) is 36.8 Å². The molecule has 0 N–H and O–H groups in total. The van der Waals surface area contributed by atoms with Crippen LogP contribution >= 0.6 is 9.47 Å². The van der Waals surface area contributed by atoms with Crippen LogP contribution < -0.4 is 0 Å². The van der Waals surface area contributed by atoms with Crippen LogP contribution in [-0.4, -0.2) is 61.8 Å². The van der Waals surface area contributed by atoms with Crippen LogP contribution in [0.25, 0.3) is 0 Å². The standard InChI is InChI=1S/C16H27O9P/c1-5-6-7-20-15-14(23-11(4)19)13(22-10(3)18)12(8-21-9(2)17)24-16(15)25-26/h12-16H,5-8,26H2,1-4H3/t12-,13-,14+,15+,16-/m1/s1. The SMILES string of the molecule is CCCCO[C@@H]1[C@@H](OP)O[C@H](COC(C)=O)[C@@H](OC(C)=O)[C@@H]1OC(C)=O. The fourth-order valence-corrected chi connectivity index (χ4v) is 2.74. The molecule has 10 heteroatoms. The molecule has 1 heterocycles. The van der Waals surface area contributed by atoms with Crippen molar-refractivity contribution < 1.29 is 42.6 Å². The van der Waals surface area contributed by atoms with E-state index in [0.717, 1.165) is 12.8 Å². The van der Waals surface area contributed by atoms with E-state index in [1.54, 1.807) is 0 Å². The fourth-order valence-electron chi connectivity index (χ4n) is 2.52. The van der Waals surface area contributed by atoms with E-state index < -0.39 is 48.6 Å². The Labute approximate surface area is 155 Å². The Morgan fingerprint density at radius 1 is 0.962 bits per heavy atom. The molecule has 1 unspecified atom stereocenters. The van der Waals surface area contributed by atoms with Crippen molar-refractivity contribution in [3.63, 3.8) is 0 Å². The largest absolute Gasteiger partial charge is 0.463 e. The van der Waals surface area contributed by atoms with Gasteiger partial charge in [-0.3, -0.25) is 14.4 Å². The van der Waals surface area contributed by atoms with Gasteiger partial charge < -0.3 is 28.2 Å². The van der Waals surface area contributed by atoms with Crippen molar-refractivity contribution in [3.8, 4) is 0 Å². The first-order valence-corrected chi connectivity index (χ1v) is 8.87. The summed E-state index contributed by atoms with van der Waals surface area (Å²) < 4.78 is 32.4. The summed E-state index contributed by atoms with van der Waals surface area (Å²) in [5.41, 5.74) is 0. The molecule has 150 valence electrons. The Hall–Kier alpha value is -1.28. The maximum absolute atomic E-state index is 11.6. The molecule has 0 aromatic heterocycles. The van der Waals surface area contributed by atoms with Gasteiger partial charge in [-0.15, -0.1) is 0 Å². The average Bonchev–Trinajstić information content (AvgIpc) is 2.55. The second kappa shape index (κ2) is 11.4. The number of hydrogen-bond acceptors (Lipinski definition) is 9.